The molecule has 0 fully saturated rings. The second-order valence-corrected chi connectivity index (χ2v) is 10.7. The first-order valence-corrected chi connectivity index (χ1v) is 14.8. The minimum Gasteiger partial charge on any atom is -0.494 e. The third kappa shape index (κ3) is 23.0. The van der Waals surface area contributed by atoms with Crippen LogP contribution in [-0.2, 0) is 20.2 Å². The molecule has 8 N–H and O–H groups in total. The van der Waals surface area contributed by atoms with Crippen LogP contribution in [-0.4, -0.2) is 63.3 Å². The van der Waals surface area contributed by atoms with E-state index in [2.05, 4.69) is 0 Å². The number of amidine groups is 2. The zero-order valence-corrected chi connectivity index (χ0v) is 22.5. The largest absolute Gasteiger partial charge is 0.494 e. The number of nitrogen functional groups attached to an aromatic ring is 2. The summed E-state index contributed by atoms with van der Waals surface area (Å²) in [6.45, 7) is 1.39. The number of unbranched alkanes of at least 4 members (excludes halogenated alkanes) is 4. The maximum absolute atomic E-state index is 9.19. The Kier molecular flexibility index (Phi) is 15.8. The molecule has 0 aliphatic rings. The first-order chi connectivity index (χ1) is 17.1. The first kappa shape index (κ1) is 33.8. The number of benzene rings is 2. The van der Waals surface area contributed by atoms with Crippen molar-refractivity contribution in [2.45, 2.75) is 32.1 Å². The van der Waals surface area contributed by atoms with Crippen molar-refractivity contribution in [3.8, 4) is 11.5 Å². The monoisotopic (exact) mass is 560 g/mol. The van der Waals surface area contributed by atoms with Gasteiger partial charge in [0.15, 0.2) is 0 Å². The quantitative estimate of drug-likeness (QED) is 0.0962. The lowest BCUT2D eigenvalue weighted by atomic mass is 10.1. The second-order valence-electron chi connectivity index (χ2n) is 7.81. The normalized spacial score (nSPS) is 10.7. The number of ether oxygens (including phenoxy) is 2. The van der Waals surface area contributed by atoms with Gasteiger partial charge in [-0.05, 0) is 61.4 Å². The van der Waals surface area contributed by atoms with Crippen molar-refractivity contribution in [1.29, 1.82) is 10.8 Å². The Hall–Kier alpha value is -3.20. The Labute approximate surface area is 218 Å². The summed E-state index contributed by atoms with van der Waals surface area (Å²) in [5.74, 6) is 1.76. The average Bonchev–Trinajstić information content (AvgIpc) is 2.76. The lowest BCUT2D eigenvalue weighted by molar-refractivity contribution is 0.293. The van der Waals surface area contributed by atoms with E-state index in [0.29, 0.717) is 36.9 Å². The Morgan fingerprint density at radius 2 is 0.892 bits per heavy atom. The smallest absolute Gasteiger partial charge is 0.261 e. The van der Waals surface area contributed by atoms with Crippen LogP contribution in [0.5, 0.6) is 11.5 Å². The zero-order valence-electron chi connectivity index (χ0n) is 20.9. The van der Waals surface area contributed by atoms with Crippen molar-refractivity contribution in [2.75, 3.05) is 25.7 Å². The van der Waals surface area contributed by atoms with Crippen molar-refractivity contribution in [3.05, 3.63) is 59.7 Å². The highest BCUT2D eigenvalue weighted by atomic mass is 32.2. The molecule has 2 aromatic rings. The van der Waals surface area contributed by atoms with E-state index in [1.807, 2.05) is 24.3 Å². The molecule has 0 unspecified atom stereocenters. The third-order valence-corrected chi connectivity index (χ3v) is 4.16. The van der Waals surface area contributed by atoms with E-state index >= 15 is 0 Å². The molecule has 0 aliphatic carbocycles. The van der Waals surface area contributed by atoms with Crippen LogP contribution in [0.25, 0.3) is 0 Å². The van der Waals surface area contributed by atoms with Gasteiger partial charge in [-0.2, -0.15) is 16.8 Å². The molecule has 0 radical (unpaired) electrons. The number of hydrogen-bond acceptors (Lipinski definition) is 8. The maximum atomic E-state index is 9.19. The Bertz CT molecular complexity index is 1060. The predicted octanol–water partition coefficient (Wildman–Crippen LogP) is 2.67. The molecule has 12 nitrogen and oxygen atoms in total. The average molecular weight is 561 g/mol. The molecule has 0 atom stereocenters. The van der Waals surface area contributed by atoms with E-state index in [9.17, 15) is 16.8 Å². The van der Waals surface area contributed by atoms with Crippen molar-refractivity contribution >= 4 is 31.9 Å². The van der Waals surface area contributed by atoms with E-state index in [1.54, 1.807) is 24.3 Å². The van der Waals surface area contributed by atoms with Gasteiger partial charge in [0.1, 0.15) is 23.2 Å². The molecule has 37 heavy (non-hydrogen) atoms. The van der Waals surface area contributed by atoms with Crippen LogP contribution in [0.3, 0.4) is 0 Å². The van der Waals surface area contributed by atoms with Crippen LogP contribution in [0.2, 0.25) is 0 Å². The molecule has 0 aliphatic heterocycles. The standard InChI is InChI=1S/C21H28N4O2.2CH4O3S/c22-20(23)16-6-10-18(11-7-16)26-14-4-2-1-3-5-15-27-19-12-8-17(9-13-19)21(24)25;2*1-5(2,3)4/h6-13H,1-5,14-15H2,(H3,22,23)(H3,24,25);2*1H3,(H,2,3,4). The highest BCUT2D eigenvalue weighted by molar-refractivity contribution is 7.85. The van der Waals surface area contributed by atoms with Crippen LogP contribution < -0.4 is 20.9 Å². The van der Waals surface area contributed by atoms with Gasteiger partial charge in [0.05, 0.1) is 25.7 Å². The van der Waals surface area contributed by atoms with Gasteiger partial charge in [-0.25, -0.2) is 0 Å². The van der Waals surface area contributed by atoms with E-state index in [4.69, 9.17) is 40.9 Å². The minimum atomic E-state index is -3.67. The molecular formula is C23H36N4O8S2. The molecule has 0 aromatic heterocycles. The van der Waals surface area contributed by atoms with Gasteiger partial charge in [-0.15, -0.1) is 0 Å². The summed E-state index contributed by atoms with van der Waals surface area (Å²) >= 11 is 0. The zero-order chi connectivity index (χ0) is 28.5. The Morgan fingerprint density at radius 3 is 1.14 bits per heavy atom. The highest BCUT2D eigenvalue weighted by Gasteiger charge is 1.99. The van der Waals surface area contributed by atoms with Crippen LogP contribution in [0.15, 0.2) is 48.5 Å². The molecule has 0 bridgehead atoms. The fraction of sp³-hybridized carbons (Fsp3) is 0.391. The summed E-state index contributed by atoms with van der Waals surface area (Å²) in [7, 11) is -7.33. The van der Waals surface area contributed by atoms with Gasteiger partial charge in [-0.1, -0.05) is 19.3 Å². The molecule has 2 rings (SSSR count). The van der Waals surface area contributed by atoms with Gasteiger partial charge >= 0.3 is 0 Å². The maximum Gasteiger partial charge on any atom is 0.261 e. The third-order valence-electron chi connectivity index (χ3n) is 4.16. The van der Waals surface area contributed by atoms with E-state index in [1.165, 1.54) is 0 Å². The summed E-state index contributed by atoms with van der Waals surface area (Å²) in [5.41, 5.74) is 12.3. The van der Waals surface area contributed by atoms with Crippen LogP contribution >= 0.6 is 0 Å². The minimum absolute atomic E-state index is 0.0682. The summed E-state index contributed by atoms with van der Waals surface area (Å²) in [6.07, 6.45) is 6.86. The lowest BCUT2D eigenvalue weighted by Crippen LogP contribution is -2.10. The second kappa shape index (κ2) is 17.3. The SMILES string of the molecule is CS(=O)(=O)O.CS(=O)(=O)O.N=C(N)c1ccc(OCCCCCCCOc2ccc(C(=N)N)cc2)cc1. The molecule has 0 spiro atoms. The Balaban J connectivity index is 0.00000110. The molecule has 2 aromatic carbocycles. The van der Waals surface area contributed by atoms with Gasteiger partial charge in [0, 0.05) is 11.1 Å². The van der Waals surface area contributed by atoms with Crippen molar-refractivity contribution in [3.63, 3.8) is 0 Å². The van der Waals surface area contributed by atoms with E-state index in [-0.39, 0.29) is 11.7 Å². The predicted molar refractivity (Wildman–Crippen MR) is 144 cm³/mol. The number of nitrogens with one attached hydrogen (secondary N) is 2. The van der Waals surface area contributed by atoms with Gasteiger partial charge in [0.2, 0.25) is 0 Å². The van der Waals surface area contributed by atoms with Crippen molar-refractivity contribution in [2.24, 2.45) is 11.5 Å². The van der Waals surface area contributed by atoms with Crippen LogP contribution in [0, 0.1) is 10.8 Å². The Morgan fingerprint density at radius 1 is 0.649 bits per heavy atom. The first-order valence-electron chi connectivity index (χ1n) is 11.1. The topological polar surface area (TPSA) is 227 Å². The molecule has 0 saturated carbocycles. The highest BCUT2D eigenvalue weighted by Crippen LogP contribution is 2.14. The summed E-state index contributed by atoms with van der Waals surface area (Å²) in [4.78, 5) is 0. The molecular weight excluding hydrogens is 524 g/mol. The lowest BCUT2D eigenvalue weighted by Gasteiger charge is -2.08. The van der Waals surface area contributed by atoms with Gasteiger partial charge in [-0.3, -0.25) is 19.9 Å². The number of rotatable bonds is 12. The van der Waals surface area contributed by atoms with Crippen molar-refractivity contribution < 1.29 is 35.4 Å². The van der Waals surface area contributed by atoms with Crippen molar-refractivity contribution in [1.82, 2.24) is 0 Å². The van der Waals surface area contributed by atoms with E-state index in [0.717, 1.165) is 43.6 Å². The van der Waals surface area contributed by atoms with Crippen LogP contribution in [0.1, 0.15) is 43.2 Å². The summed E-state index contributed by atoms with van der Waals surface area (Å²) < 4.78 is 63.1. The molecule has 208 valence electrons. The molecule has 14 heteroatoms. The molecule has 0 heterocycles. The molecule has 0 saturated heterocycles. The fourth-order valence-electron chi connectivity index (χ4n) is 2.58. The number of hydrogen-bond donors (Lipinski definition) is 6. The molecule has 0 amide bonds. The summed E-state index contributed by atoms with van der Waals surface area (Å²) in [5, 5.41) is 14.7. The fourth-order valence-corrected chi connectivity index (χ4v) is 2.58. The van der Waals surface area contributed by atoms with Gasteiger partial charge < -0.3 is 20.9 Å². The number of nitrogens with two attached hydrogens (primary N) is 2. The summed E-state index contributed by atoms with van der Waals surface area (Å²) in [6, 6.07) is 14.6. The van der Waals surface area contributed by atoms with E-state index < -0.39 is 20.2 Å². The van der Waals surface area contributed by atoms with Gasteiger partial charge in [0.25, 0.3) is 20.2 Å². The van der Waals surface area contributed by atoms with Crippen LogP contribution in [0.4, 0.5) is 0 Å².